The Balaban J connectivity index is 1.56. The molecule has 1 heterocycles. The maximum absolute atomic E-state index is 12.7. The molecule has 1 amide bonds. The van der Waals surface area contributed by atoms with Crippen LogP contribution in [-0.2, 0) is 16.1 Å². The lowest BCUT2D eigenvalue weighted by atomic mass is 9.91. The molecule has 4 rings (SSSR count). The maximum atomic E-state index is 12.7. The predicted octanol–water partition coefficient (Wildman–Crippen LogP) is 4.73. The molecule has 1 saturated carbocycles. The number of carbonyl (C=O) groups is 2. The topological polar surface area (TPSA) is 46.6 Å². The molecule has 1 aliphatic heterocycles. The van der Waals surface area contributed by atoms with Gasteiger partial charge in [-0.05, 0) is 41.5 Å². The second-order valence-electron chi connectivity index (χ2n) is 6.85. The van der Waals surface area contributed by atoms with Crippen molar-refractivity contribution in [3.8, 4) is 0 Å². The molecule has 1 unspecified atom stereocenters. The van der Waals surface area contributed by atoms with E-state index in [4.69, 9.17) is 4.74 Å². The van der Waals surface area contributed by atoms with Gasteiger partial charge < -0.3 is 4.74 Å². The van der Waals surface area contributed by atoms with Gasteiger partial charge in [-0.3, -0.25) is 9.69 Å². The molecule has 1 aliphatic carbocycles. The maximum Gasteiger partial charge on any atom is 0.414 e. The van der Waals surface area contributed by atoms with Crippen molar-refractivity contribution in [3.63, 3.8) is 0 Å². The summed E-state index contributed by atoms with van der Waals surface area (Å²) in [6.07, 6.45) is 5.24. The van der Waals surface area contributed by atoms with Crippen LogP contribution in [-0.4, -0.2) is 16.8 Å². The summed E-state index contributed by atoms with van der Waals surface area (Å²) >= 11 is 0. The summed E-state index contributed by atoms with van der Waals surface area (Å²) < 4.78 is 5.49. The summed E-state index contributed by atoms with van der Waals surface area (Å²) in [7, 11) is 0. The molecule has 132 valence electrons. The normalized spacial score (nSPS) is 19.5. The number of ketones is 1. The highest BCUT2D eigenvalue weighted by Gasteiger charge is 2.34. The lowest BCUT2D eigenvalue weighted by molar-refractivity contribution is -0.116. The van der Waals surface area contributed by atoms with E-state index < -0.39 is 6.09 Å². The second kappa shape index (κ2) is 7.16. The Kier molecular flexibility index (Phi) is 4.57. The van der Waals surface area contributed by atoms with Crippen LogP contribution in [0, 0.1) is 0 Å². The molecule has 1 atom stereocenters. The zero-order valence-corrected chi connectivity index (χ0v) is 14.5. The number of hydrogen-bond donors (Lipinski definition) is 0. The Bertz CT molecular complexity index is 839. The summed E-state index contributed by atoms with van der Waals surface area (Å²) in [4.78, 5) is 26.3. The first kappa shape index (κ1) is 16.6. The minimum absolute atomic E-state index is 0.0349. The number of rotatable bonds is 4. The number of amides is 1. The summed E-state index contributed by atoms with van der Waals surface area (Å²) in [5.74, 6) is 0.585. The molecule has 4 heteroatoms. The molecule has 2 aliphatic rings. The van der Waals surface area contributed by atoms with Gasteiger partial charge in [-0.1, -0.05) is 54.6 Å². The fraction of sp³-hybridized carbons (Fsp3) is 0.273. The van der Waals surface area contributed by atoms with Gasteiger partial charge in [0.05, 0.1) is 6.04 Å². The van der Waals surface area contributed by atoms with Crippen molar-refractivity contribution in [2.45, 2.75) is 37.8 Å². The zero-order valence-electron chi connectivity index (χ0n) is 14.5. The van der Waals surface area contributed by atoms with E-state index in [0.29, 0.717) is 12.3 Å². The first-order valence-corrected chi connectivity index (χ1v) is 9.01. The molecule has 0 N–H and O–H groups in total. The van der Waals surface area contributed by atoms with E-state index in [1.807, 2.05) is 48.5 Å². The quantitative estimate of drug-likeness (QED) is 0.803. The third-order valence-corrected chi connectivity index (χ3v) is 4.94. The van der Waals surface area contributed by atoms with Gasteiger partial charge in [0, 0.05) is 12.6 Å². The SMILES string of the molecule is O=C1C=CN(C(=O)OCc2ccccc2)C(c2ccccc2C2CC2)C1. The summed E-state index contributed by atoms with van der Waals surface area (Å²) in [6.45, 7) is 0.217. The minimum Gasteiger partial charge on any atom is -0.444 e. The van der Waals surface area contributed by atoms with E-state index >= 15 is 0 Å². The van der Waals surface area contributed by atoms with Crippen LogP contribution in [0.3, 0.4) is 0 Å². The van der Waals surface area contributed by atoms with Crippen molar-refractivity contribution in [1.82, 2.24) is 4.90 Å². The number of carbonyl (C=O) groups excluding carboxylic acids is 2. The van der Waals surface area contributed by atoms with E-state index in [1.165, 1.54) is 24.5 Å². The molecule has 1 fully saturated rings. The van der Waals surface area contributed by atoms with Gasteiger partial charge in [0.2, 0.25) is 0 Å². The molecule has 26 heavy (non-hydrogen) atoms. The number of nitrogens with zero attached hydrogens (tertiary/aromatic N) is 1. The number of allylic oxidation sites excluding steroid dienone is 1. The van der Waals surface area contributed by atoms with Crippen molar-refractivity contribution in [3.05, 3.63) is 83.6 Å². The fourth-order valence-corrected chi connectivity index (χ4v) is 3.45. The standard InChI is InChI=1S/C22H21NO3/c24-18-12-13-23(22(25)26-15-16-6-2-1-3-7-16)21(14-18)20-9-5-4-8-19(20)17-10-11-17/h1-9,12-13,17,21H,10-11,14-15H2. The smallest absolute Gasteiger partial charge is 0.414 e. The average Bonchev–Trinajstić information content (AvgIpc) is 3.52. The highest BCUT2D eigenvalue weighted by atomic mass is 16.6. The molecular formula is C22H21NO3. The van der Waals surface area contributed by atoms with Crippen LogP contribution >= 0.6 is 0 Å². The summed E-state index contributed by atoms with van der Waals surface area (Å²) in [6, 6.07) is 17.4. The molecular weight excluding hydrogens is 326 g/mol. The van der Waals surface area contributed by atoms with Crippen molar-refractivity contribution in [2.24, 2.45) is 0 Å². The van der Waals surface area contributed by atoms with Crippen LogP contribution < -0.4 is 0 Å². The molecule has 0 spiro atoms. The van der Waals surface area contributed by atoms with E-state index in [1.54, 1.807) is 11.1 Å². The van der Waals surface area contributed by atoms with Crippen LogP contribution in [0.1, 0.15) is 47.9 Å². The zero-order chi connectivity index (χ0) is 17.9. The Morgan fingerprint density at radius 1 is 1.00 bits per heavy atom. The van der Waals surface area contributed by atoms with E-state index in [2.05, 4.69) is 6.07 Å². The Labute approximate surface area is 153 Å². The molecule has 0 aromatic heterocycles. The summed E-state index contributed by atoms with van der Waals surface area (Å²) in [5, 5.41) is 0. The van der Waals surface area contributed by atoms with Gasteiger partial charge >= 0.3 is 6.09 Å². The Hall–Kier alpha value is -2.88. The predicted molar refractivity (Wildman–Crippen MR) is 98.4 cm³/mol. The highest BCUT2D eigenvalue weighted by Crippen LogP contribution is 2.44. The molecule has 2 aromatic rings. The number of ether oxygens (including phenoxy) is 1. The van der Waals surface area contributed by atoms with E-state index in [0.717, 1.165) is 11.1 Å². The second-order valence-corrected chi connectivity index (χ2v) is 6.85. The van der Waals surface area contributed by atoms with Crippen molar-refractivity contribution < 1.29 is 14.3 Å². The highest BCUT2D eigenvalue weighted by molar-refractivity contribution is 5.92. The van der Waals surface area contributed by atoms with Crippen LogP contribution in [0.5, 0.6) is 0 Å². The minimum atomic E-state index is -0.423. The molecule has 0 radical (unpaired) electrons. The largest absolute Gasteiger partial charge is 0.444 e. The molecule has 0 bridgehead atoms. The number of benzene rings is 2. The lowest BCUT2D eigenvalue weighted by Gasteiger charge is -2.32. The third-order valence-electron chi connectivity index (χ3n) is 4.94. The fourth-order valence-electron chi connectivity index (χ4n) is 3.45. The van der Waals surface area contributed by atoms with Gasteiger partial charge in [0.1, 0.15) is 6.61 Å². The molecule has 4 nitrogen and oxygen atoms in total. The Morgan fingerprint density at radius 2 is 1.69 bits per heavy atom. The van der Waals surface area contributed by atoms with Gasteiger partial charge in [-0.25, -0.2) is 4.79 Å². The van der Waals surface area contributed by atoms with E-state index in [9.17, 15) is 9.59 Å². The first-order valence-electron chi connectivity index (χ1n) is 9.01. The van der Waals surface area contributed by atoms with Crippen molar-refractivity contribution in [2.75, 3.05) is 0 Å². The Morgan fingerprint density at radius 3 is 2.42 bits per heavy atom. The summed E-state index contributed by atoms with van der Waals surface area (Å²) in [5.41, 5.74) is 3.25. The van der Waals surface area contributed by atoms with Crippen LogP contribution in [0.25, 0.3) is 0 Å². The van der Waals surface area contributed by atoms with Crippen LogP contribution in [0.2, 0.25) is 0 Å². The lowest BCUT2D eigenvalue weighted by Crippen LogP contribution is -2.35. The van der Waals surface area contributed by atoms with Gasteiger partial charge in [-0.2, -0.15) is 0 Å². The molecule has 0 saturated heterocycles. The monoisotopic (exact) mass is 347 g/mol. The number of hydrogen-bond acceptors (Lipinski definition) is 3. The average molecular weight is 347 g/mol. The van der Waals surface area contributed by atoms with E-state index in [-0.39, 0.29) is 18.4 Å². The van der Waals surface area contributed by atoms with Gasteiger partial charge in [-0.15, -0.1) is 0 Å². The third kappa shape index (κ3) is 3.54. The first-order chi connectivity index (χ1) is 12.7. The van der Waals surface area contributed by atoms with Crippen LogP contribution in [0.4, 0.5) is 4.79 Å². The van der Waals surface area contributed by atoms with Gasteiger partial charge in [0.25, 0.3) is 0 Å². The van der Waals surface area contributed by atoms with Crippen molar-refractivity contribution in [1.29, 1.82) is 0 Å². The van der Waals surface area contributed by atoms with Crippen LogP contribution in [0.15, 0.2) is 66.9 Å². The molecule has 2 aromatic carbocycles. The van der Waals surface area contributed by atoms with Crippen molar-refractivity contribution >= 4 is 11.9 Å². The van der Waals surface area contributed by atoms with Gasteiger partial charge in [0.15, 0.2) is 5.78 Å².